The minimum absolute atomic E-state index is 0.210. The standard InChI is InChI=1S/C20H22O3/c1-13-10-14(2)20(15(3)11-13)23-19(21)12-18-17-7-5-4-6-16(17)8-9-22-18/h4-7,10-11,18H,8-9,12H2,1-3H3. The lowest BCUT2D eigenvalue weighted by Gasteiger charge is -2.25. The largest absolute Gasteiger partial charge is 0.426 e. The van der Waals surface area contributed by atoms with Crippen molar-refractivity contribution in [1.29, 1.82) is 0 Å². The zero-order chi connectivity index (χ0) is 16.4. The second-order valence-electron chi connectivity index (χ2n) is 6.21. The van der Waals surface area contributed by atoms with E-state index >= 15 is 0 Å². The van der Waals surface area contributed by atoms with Gasteiger partial charge in [0.1, 0.15) is 5.75 Å². The van der Waals surface area contributed by atoms with E-state index in [4.69, 9.17) is 9.47 Å². The molecule has 0 aliphatic carbocycles. The summed E-state index contributed by atoms with van der Waals surface area (Å²) in [6.07, 6.45) is 0.931. The fraction of sp³-hybridized carbons (Fsp3) is 0.350. The Kier molecular flexibility index (Phi) is 4.49. The van der Waals surface area contributed by atoms with E-state index < -0.39 is 0 Å². The molecule has 1 atom stereocenters. The highest BCUT2D eigenvalue weighted by Gasteiger charge is 2.24. The summed E-state index contributed by atoms with van der Waals surface area (Å²) in [5, 5.41) is 0. The van der Waals surface area contributed by atoms with Crippen molar-refractivity contribution >= 4 is 5.97 Å². The maximum Gasteiger partial charge on any atom is 0.314 e. The molecular weight excluding hydrogens is 288 g/mol. The summed E-state index contributed by atoms with van der Waals surface area (Å²) in [4.78, 5) is 12.4. The van der Waals surface area contributed by atoms with Gasteiger partial charge in [0.25, 0.3) is 0 Å². The van der Waals surface area contributed by atoms with Gasteiger partial charge in [-0.3, -0.25) is 4.79 Å². The first-order chi connectivity index (χ1) is 11.0. The topological polar surface area (TPSA) is 35.5 Å². The normalized spacial score (nSPS) is 16.7. The van der Waals surface area contributed by atoms with Gasteiger partial charge in [-0.1, -0.05) is 42.0 Å². The number of benzene rings is 2. The van der Waals surface area contributed by atoms with Crippen molar-refractivity contribution in [2.75, 3.05) is 6.61 Å². The van der Waals surface area contributed by atoms with Gasteiger partial charge in [0, 0.05) is 0 Å². The van der Waals surface area contributed by atoms with Gasteiger partial charge in [0.15, 0.2) is 0 Å². The summed E-state index contributed by atoms with van der Waals surface area (Å²) < 4.78 is 11.4. The molecule has 1 heterocycles. The number of rotatable bonds is 3. The number of hydrogen-bond acceptors (Lipinski definition) is 3. The van der Waals surface area contributed by atoms with E-state index in [9.17, 15) is 4.79 Å². The maximum absolute atomic E-state index is 12.4. The lowest BCUT2D eigenvalue weighted by molar-refractivity contribution is -0.138. The monoisotopic (exact) mass is 310 g/mol. The van der Waals surface area contributed by atoms with Gasteiger partial charge in [0.05, 0.1) is 19.1 Å². The van der Waals surface area contributed by atoms with Crippen LogP contribution < -0.4 is 4.74 Å². The van der Waals surface area contributed by atoms with Crippen LogP contribution in [0.15, 0.2) is 36.4 Å². The van der Waals surface area contributed by atoms with Crippen LogP contribution in [0, 0.1) is 20.8 Å². The predicted octanol–water partition coefficient (Wildman–Crippen LogP) is 4.22. The van der Waals surface area contributed by atoms with E-state index in [1.165, 1.54) is 11.1 Å². The number of carbonyl (C=O) groups is 1. The minimum Gasteiger partial charge on any atom is -0.426 e. The van der Waals surface area contributed by atoms with Crippen molar-refractivity contribution < 1.29 is 14.3 Å². The summed E-state index contributed by atoms with van der Waals surface area (Å²) >= 11 is 0. The van der Waals surface area contributed by atoms with Gasteiger partial charge in [-0.2, -0.15) is 0 Å². The molecule has 3 heteroatoms. The Balaban J connectivity index is 1.74. The summed E-state index contributed by atoms with van der Waals surface area (Å²) in [6, 6.07) is 12.2. The Morgan fingerprint density at radius 2 is 1.87 bits per heavy atom. The second-order valence-corrected chi connectivity index (χ2v) is 6.21. The average Bonchev–Trinajstić information content (AvgIpc) is 2.51. The molecule has 0 saturated heterocycles. The van der Waals surface area contributed by atoms with Crippen molar-refractivity contribution in [3.63, 3.8) is 0 Å². The van der Waals surface area contributed by atoms with E-state index in [0.29, 0.717) is 12.4 Å². The van der Waals surface area contributed by atoms with Crippen LogP contribution in [0.1, 0.15) is 40.3 Å². The molecule has 23 heavy (non-hydrogen) atoms. The fourth-order valence-electron chi connectivity index (χ4n) is 3.28. The summed E-state index contributed by atoms with van der Waals surface area (Å²) in [6.45, 7) is 6.62. The SMILES string of the molecule is Cc1cc(C)c(OC(=O)CC2OCCc3ccccc32)c(C)c1. The Morgan fingerprint density at radius 3 is 2.61 bits per heavy atom. The molecule has 0 N–H and O–H groups in total. The van der Waals surface area contributed by atoms with Crippen LogP contribution in [0.4, 0.5) is 0 Å². The molecule has 0 spiro atoms. The smallest absolute Gasteiger partial charge is 0.314 e. The molecule has 0 radical (unpaired) electrons. The summed E-state index contributed by atoms with van der Waals surface area (Å²) in [5.41, 5.74) is 5.51. The Bertz CT molecular complexity index is 710. The Morgan fingerprint density at radius 1 is 1.17 bits per heavy atom. The Hall–Kier alpha value is -2.13. The summed E-state index contributed by atoms with van der Waals surface area (Å²) in [5.74, 6) is 0.423. The van der Waals surface area contributed by atoms with Crippen LogP contribution >= 0.6 is 0 Å². The van der Waals surface area contributed by atoms with Gasteiger partial charge in [-0.15, -0.1) is 0 Å². The number of esters is 1. The molecule has 1 aliphatic heterocycles. The van der Waals surface area contributed by atoms with Crippen LogP contribution in [0.25, 0.3) is 0 Å². The average molecular weight is 310 g/mol. The zero-order valence-electron chi connectivity index (χ0n) is 13.9. The van der Waals surface area contributed by atoms with Crippen molar-refractivity contribution in [3.05, 3.63) is 64.2 Å². The molecule has 3 rings (SSSR count). The Labute approximate surface area is 137 Å². The molecule has 2 aromatic rings. The molecule has 1 unspecified atom stereocenters. The first-order valence-corrected chi connectivity index (χ1v) is 8.02. The molecule has 0 fully saturated rings. The number of aryl methyl sites for hydroxylation is 3. The third kappa shape index (κ3) is 3.45. The van der Waals surface area contributed by atoms with Crippen molar-refractivity contribution in [3.8, 4) is 5.75 Å². The van der Waals surface area contributed by atoms with E-state index in [1.54, 1.807) is 0 Å². The van der Waals surface area contributed by atoms with Gasteiger partial charge >= 0.3 is 5.97 Å². The van der Waals surface area contributed by atoms with Crippen molar-refractivity contribution in [2.24, 2.45) is 0 Å². The molecule has 1 aliphatic rings. The lowest BCUT2D eigenvalue weighted by Crippen LogP contribution is -2.21. The number of carbonyl (C=O) groups excluding carboxylic acids is 1. The van der Waals surface area contributed by atoms with Gasteiger partial charge in [0.2, 0.25) is 0 Å². The van der Waals surface area contributed by atoms with Crippen LogP contribution in [0.3, 0.4) is 0 Å². The van der Waals surface area contributed by atoms with E-state index in [2.05, 4.69) is 6.07 Å². The van der Waals surface area contributed by atoms with Crippen LogP contribution in [-0.2, 0) is 16.0 Å². The van der Waals surface area contributed by atoms with E-state index in [-0.39, 0.29) is 18.5 Å². The molecule has 120 valence electrons. The third-order valence-corrected chi connectivity index (χ3v) is 4.27. The quantitative estimate of drug-likeness (QED) is 0.629. The second kappa shape index (κ2) is 6.55. The predicted molar refractivity (Wildman–Crippen MR) is 89.7 cm³/mol. The maximum atomic E-state index is 12.4. The molecule has 2 aromatic carbocycles. The summed E-state index contributed by atoms with van der Waals surface area (Å²) in [7, 11) is 0. The number of hydrogen-bond donors (Lipinski definition) is 0. The first-order valence-electron chi connectivity index (χ1n) is 8.02. The zero-order valence-corrected chi connectivity index (χ0v) is 13.9. The van der Waals surface area contributed by atoms with Gasteiger partial charge < -0.3 is 9.47 Å². The lowest BCUT2D eigenvalue weighted by atomic mass is 9.96. The highest BCUT2D eigenvalue weighted by atomic mass is 16.5. The van der Waals surface area contributed by atoms with E-state index in [0.717, 1.165) is 23.1 Å². The molecule has 0 saturated carbocycles. The molecule has 0 amide bonds. The first kappa shape index (κ1) is 15.8. The number of ether oxygens (including phenoxy) is 2. The highest BCUT2D eigenvalue weighted by molar-refractivity contribution is 5.74. The van der Waals surface area contributed by atoms with Gasteiger partial charge in [-0.05, 0) is 49.4 Å². The fourth-order valence-corrected chi connectivity index (χ4v) is 3.28. The molecule has 3 nitrogen and oxygen atoms in total. The van der Waals surface area contributed by atoms with Crippen molar-refractivity contribution in [2.45, 2.75) is 39.7 Å². The van der Waals surface area contributed by atoms with Crippen LogP contribution in [0.5, 0.6) is 5.75 Å². The molecule has 0 bridgehead atoms. The van der Waals surface area contributed by atoms with Crippen molar-refractivity contribution in [1.82, 2.24) is 0 Å². The van der Waals surface area contributed by atoms with Crippen LogP contribution in [-0.4, -0.2) is 12.6 Å². The van der Waals surface area contributed by atoms with E-state index in [1.807, 2.05) is 51.1 Å². The molecular formula is C20H22O3. The van der Waals surface area contributed by atoms with Gasteiger partial charge in [-0.25, -0.2) is 0 Å². The molecule has 0 aromatic heterocycles. The minimum atomic E-state index is -0.248. The third-order valence-electron chi connectivity index (χ3n) is 4.27. The number of fused-ring (bicyclic) bond motifs is 1. The highest BCUT2D eigenvalue weighted by Crippen LogP contribution is 2.31. The van der Waals surface area contributed by atoms with Crippen LogP contribution in [0.2, 0.25) is 0 Å².